The minimum absolute atomic E-state index is 0.311. The molecule has 4 heteroatoms. The van der Waals surface area contributed by atoms with Crippen molar-refractivity contribution < 1.29 is 9.47 Å². The van der Waals surface area contributed by atoms with Crippen molar-refractivity contribution in [3.05, 3.63) is 0 Å². The van der Waals surface area contributed by atoms with Crippen molar-refractivity contribution in [1.29, 1.82) is 0 Å². The maximum atomic E-state index is 5.93. The fourth-order valence-electron chi connectivity index (χ4n) is 2.81. The lowest BCUT2D eigenvalue weighted by Gasteiger charge is -2.35. The number of rotatable bonds is 4. The van der Waals surface area contributed by atoms with Crippen molar-refractivity contribution >= 4 is 0 Å². The van der Waals surface area contributed by atoms with Crippen molar-refractivity contribution in [3.8, 4) is 0 Å². The summed E-state index contributed by atoms with van der Waals surface area (Å²) in [6.45, 7) is 4.54. The van der Waals surface area contributed by atoms with E-state index in [9.17, 15) is 0 Å². The number of hydrogen-bond acceptors (Lipinski definition) is 4. The lowest BCUT2D eigenvalue weighted by molar-refractivity contribution is -0.00958. The Morgan fingerprint density at radius 3 is 2.69 bits per heavy atom. The molecule has 2 heterocycles. The van der Waals surface area contributed by atoms with Crippen LogP contribution in [-0.4, -0.2) is 56.0 Å². The molecule has 0 saturated carbocycles. The molecule has 94 valence electrons. The highest BCUT2D eigenvalue weighted by Crippen LogP contribution is 2.25. The molecule has 2 aliphatic rings. The lowest BCUT2D eigenvalue weighted by Crippen LogP contribution is -2.51. The SMILES string of the molecule is CC1CCC(C(CN)N(C)C2CCOC2)O1. The third-order valence-corrected chi connectivity index (χ3v) is 3.94. The second kappa shape index (κ2) is 5.45. The van der Waals surface area contributed by atoms with Crippen molar-refractivity contribution in [2.24, 2.45) is 5.73 Å². The summed E-state index contributed by atoms with van der Waals surface area (Å²) in [4.78, 5) is 2.37. The summed E-state index contributed by atoms with van der Waals surface area (Å²) < 4.78 is 11.4. The average Bonchev–Trinajstić information content (AvgIpc) is 2.90. The molecule has 2 saturated heterocycles. The van der Waals surface area contributed by atoms with Crippen LogP contribution in [0.25, 0.3) is 0 Å². The summed E-state index contributed by atoms with van der Waals surface area (Å²) >= 11 is 0. The molecule has 0 radical (unpaired) electrons. The second-order valence-electron chi connectivity index (χ2n) is 5.05. The Morgan fingerprint density at radius 1 is 1.38 bits per heavy atom. The maximum Gasteiger partial charge on any atom is 0.0747 e. The van der Waals surface area contributed by atoms with Crippen LogP contribution in [0, 0.1) is 0 Å². The second-order valence-corrected chi connectivity index (χ2v) is 5.05. The summed E-state index contributed by atoms with van der Waals surface area (Å²) in [5.41, 5.74) is 5.90. The summed E-state index contributed by atoms with van der Waals surface area (Å²) in [7, 11) is 2.16. The Balaban J connectivity index is 1.92. The lowest BCUT2D eigenvalue weighted by atomic mass is 10.0. The third kappa shape index (κ3) is 2.56. The monoisotopic (exact) mass is 228 g/mol. The molecule has 0 spiro atoms. The van der Waals surface area contributed by atoms with E-state index in [-0.39, 0.29) is 0 Å². The summed E-state index contributed by atoms with van der Waals surface area (Å²) in [6, 6.07) is 0.865. The number of nitrogens with two attached hydrogens (primary N) is 1. The highest BCUT2D eigenvalue weighted by Gasteiger charge is 2.34. The van der Waals surface area contributed by atoms with Crippen LogP contribution in [0.3, 0.4) is 0 Å². The maximum absolute atomic E-state index is 5.93. The molecule has 0 amide bonds. The average molecular weight is 228 g/mol. The van der Waals surface area contributed by atoms with E-state index in [1.165, 1.54) is 0 Å². The molecule has 4 unspecified atom stereocenters. The molecule has 2 fully saturated rings. The predicted octanol–water partition coefficient (Wildman–Crippen LogP) is 0.602. The molecular formula is C12H24N2O2. The Hall–Kier alpha value is -0.160. The normalized spacial score (nSPS) is 37.1. The van der Waals surface area contributed by atoms with E-state index in [0.717, 1.165) is 32.5 Å². The van der Waals surface area contributed by atoms with Crippen molar-refractivity contribution in [2.75, 3.05) is 26.8 Å². The van der Waals surface area contributed by atoms with Gasteiger partial charge < -0.3 is 15.2 Å². The molecule has 0 bridgehead atoms. The zero-order chi connectivity index (χ0) is 11.5. The van der Waals surface area contributed by atoms with E-state index < -0.39 is 0 Å². The van der Waals surface area contributed by atoms with Gasteiger partial charge in [-0.3, -0.25) is 4.90 Å². The molecule has 4 nitrogen and oxygen atoms in total. The quantitative estimate of drug-likeness (QED) is 0.765. The van der Waals surface area contributed by atoms with E-state index in [4.69, 9.17) is 15.2 Å². The minimum atomic E-state index is 0.311. The first-order valence-corrected chi connectivity index (χ1v) is 6.37. The van der Waals surface area contributed by atoms with Crippen LogP contribution in [0.1, 0.15) is 26.2 Å². The molecule has 0 aromatic carbocycles. The van der Waals surface area contributed by atoms with E-state index in [0.29, 0.717) is 30.8 Å². The van der Waals surface area contributed by atoms with Crippen LogP contribution in [0.2, 0.25) is 0 Å². The van der Waals surface area contributed by atoms with Gasteiger partial charge in [0.1, 0.15) is 0 Å². The number of ether oxygens (including phenoxy) is 2. The third-order valence-electron chi connectivity index (χ3n) is 3.94. The standard InChI is InChI=1S/C12H24N2O2/c1-9-3-4-12(16-9)11(7-13)14(2)10-5-6-15-8-10/h9-12H,3-8,13H2,1-2H3. The van der Waals surface area contributed by atoms with Crippen molar-refractivity contribution in [1.82, 2.24) is 4.90 Å². The molecule has 0 aromatic heterocycles. The van der Waals surface area contributed by atoms with Gasteiger partial charge >= 0.3 is 0 Å². The minimum Gasteiger partial charge on any atom is -0.380 e. The highest BCUT2D eigenvalue weighted by molar-refractivity contribution is 4.88. The van der Waals surface area contributed by atoms with E-state index in [2.05, 4.69) is 18.9 Å². The molecule has 0 aliphatic carbocycles. The summed E-state index contributed by atoms with van der Waals surface area (Å²) in [5, 5.41) is 0. The molecule has 16 heavy (non-hydrogen) atoms. The first-order valence-electron chi connectivity index (χ1n) is 6.37. The van der Waals surface area contributed by atoms with Gasteiger partial charge in [0.2, 0.25) is 0 Å². The predicted molar refractivity (Wildman–Crippen MR) is 63.4 cm³/mol. The molecule has 0 aromatic rings. The molecule has 2 aliphatic heterocycles. The van der Waals surface area contributed by atoms with Gasteiger partial charge in [-0.05, 0) is 33.2 Å². The molecule has 4 atom stereocenters. The van der Waals surface area contributed by atoms with Gasteiger partial charge in [0.15, 0.2) is 0 Å². The number of hydrogen-bond donors (Lipinski definition) is 1. The van der Waals surface area contributed by atoms with Crippen LogP contribution in [0.4, 0.5) is 0 Å². The van der Waals surface area contributed by atoms with Gasteiger partial charge in [0, 0.05) is 25.2 Å². The van der Waals surface area contributed by atoms with Gasteiger partial charge in [0.25, 0.3) is 0 Å². The first kappa shape index (κ1) is 12.3. The largest absolute Gasteiger partial charge is 0.380 e. The van der Waals surface area contributed by atoms with Crippen LogP contribution < -0.4 is 5.73 Å². The smallest absolute Gasteiger partial charge is 0.0747 e. The Bertz CT molecular complexity index is 219. The first-order chi connectivity index (χ1) is 7.72. The Morgan fingerprint density at radius 2 is 2.19 bits per heavy atom. The van der Waals surface area contributed by atoms with Gasteiger partial charge in [-0.15, -0.1) is 0 Å². The van der Waals surface area contributed by atoms with Crippen LogP contribution in [0.5, 0.6) is 0 Å². The van der Waals surface area contributed by atoms with Crippen LogP contribution in [-0.2, 0) is 9.47 Å². The van der Waals surface area contributed by atoms with E-state index in [1.54, 1.807) is 0 Å². The van der Waals surface area contributed by atoms with Crippen molar-refractivity contribution in [2.45, 2.75) is 50.5 Å². The zero-order valence-electron chi connectivity index (χ0n) is 10.4. The van der Waals surface area contributed by atoms with Crippen LogP contribution in [0.15, 0.2) is 0 Å². The van der Waals surface area contributed by atoms with Gasteiger partial charge in [-0.2, -0.15) is 0 Å². The van der Waals surface area contributed by atoms with Gasteiger partial charge in [-0.1, -0.05) is 0 Å². The zero-order valence-corrected chi connectivity index (χ0v) is 10.4. The fourth-order valence-corrected chi connectivity index (χ4v) is 2.81. The number of nitrogens with zero attached hydrogens (tertiary/aromatic N) is 1. The molecule has 2 N–H and O–H groups in total. The topological polar surface area (TPSA) is 47.7 Å². The Kier molecular flexibility index (Phi) is 4.19. The van der Waals surface area contributed by atoms with Gasteiger partial charge in [0.05, 0.1) is 18.8 Å². The van der Waals surface area contributed by atoms with E-state index in [1.807, 2.05) is 0 Å². The summed E-state index contributed by atoms with van der Waals surface area (Å²) in [6.07, 6.45) is 4.13. The molecular weight excluding hydrogens is 204 g/mol. The summed E-state index contributed by atoms with van der Waals surface area (Å²) in [5.74, 6) is 0. The van der Waals surface area contributed by atoms with Crippen molar-refractivity contribution in [3.63, 3.8) is 0 Å². The number of likely N-dealkylation sites (N-methyl/N-ethyl adjacent to an activating group) is 1. The highest BCUT2D eigenvalue weighted by atomic mass is 16.5. The van der Waals surface area contributed by atoms with Crippen LogP contribution >= 0.6 is 0 Å². The Labute approximate surface area is 98.1 Å². The fraction of sp³-hybridized carbons (Fsp3) is 1.00. The molecule has 2 rings (SSSR count). The van der Waals surface area contributed by atoms with E-state index >= 15 is 0 Å². The van der Waals surface area contributed by atoms with Gasteiger partial charge in [-0.25, -0.2) is 0 Å².